The Morgan fingerprint density at radius 1 is 1.50 bits per heavy atom. The molecule has 3 nitrogen and oxygen atoms in total. The maximum absolute atomic E-state index is 5.90. The van der Waals surface area contributed by atoms with Crippen LogP contribution in [0.4, 0.5) is 0 Å². The summed E-state index contributed by atoms with van der Waals surface area (Å²) in [7, 11) is 0. The molecule has 0 saturated carbocycles. The molecule has 0 aromatic heterocycles. The van der Waals surface area contributed by atoms with Gasteiger partial charge in [-0.15, -0.1) is 0 Å². The van der Waals surface area contributed by atoms with Gasteiger partial charge >= 0.3 is 0 Å². The van der Waals surface area contributed by atoms with E-state index in [-0.39, 0.29) is 6.10 Å². The van der Waals surface area contributed by atoms with Crippen LogP contribution in [0.5, 0.6) is 11.5 Å². The lowest BCUT2D eigenvalue weighted by Gasteiger charge is -2.28. The molecule has 1 aliphatic rings. The molecule has 16 heavy (non-hydrogen) atoms. The van der Waals surface area contributed by atoms with Gasteiger partial charge in [-0.05, 0) is 25.1 Å². The number of nitrogens with two attached hydrogens (primary N) is 1. The summed E-state index contributed by atoms with van der Waals surface area (Å²) < 4.78 is 11.6. The molecule has 0 unspecified atom stereocenters. The lowest BCUT2D eigenvalue weighted by Crippen LogP contribution is -2.92. The molecule has 1 aliphatic heterocycles. The first-order chi connectivity index (χ1) is 7.81. The zero-order chi connectivity index (χ0) is 11.4. The summed E-state index contributed by atoms with van der Waals surface area (Å²) in [6.07, 6.45) is 2.00. The van der Waals surface area contributed by atoms with Crippen molar-refractivity contribution in [2.45, 2.75) is 19.1 Å². The Hall–Kier alpha value is -1.48. The Balaban J connectivity index is 1.99. The molecule has 2 atom stereocenters. The van der Waals surface area contributed by atoms with Crippen molar-refractivity contribution in [3.05, 3.63) is 36.9 Å². The highest BCUT2D eigenvalue weighted by atomic mass is 16.6. The predicted molar refractivity (Wildman–Crippen MR) is 62.8 cm³/mol. The molecule has 86 valence electrons. The molecular formula is C13H18NO2+. The van der Waals surface area contributed by atoms with Gasteiger partial charge in [0.15, 0.2) is 17.6 Å². The number of hydrogen-bond acceptors (Lipinski definition) is 2. The molecule has 1 aromatic rings. The number of ether oxygens (including phenoxy) is 2. The fraction of sp³-hybridized carbons (Fsp3) is 0.385. The minimum Gasteiger partial charge on any atom is -0.486 e. The first-order valence-electron chi connectivity index (χ1n) is 5.64. The number of quaternary nitrogens is 1. The summed E-state index contributed by atoms with van der Waals surface area (Å²) in [4.78, 5) is 0. The fourth-order valence-electron chi connectivity index (χ4n) is 1.76. The molecule has 1 aromatic carbocycles. The average molecular weight is 220 g/mol. The van der Waals surface area contributed by atoms with Gasteiger partial charge in [-0.1, -0.05) is 18.7 Å². The van der Waals surface area contributed by atoms with Crippen LogP contribution < -0.4 is 14.8 Å². The predicted octanol–water partition coefficient (Wildman–Crippen LogP) is 0.964. The monoisotopic (exact) mass is 220 g/mol. The van der Waals surface area contributed by atoms with Crippen LogP contribution >= 0.6 is 0 Å². The minimum absolute atomic E-state index is 0.106. The zero-order valence-electron chi connectivity index (χ0n) is 9.56. The molecule has 0 bridgehead atoms. The maximum Gasteiger partial charge on any atom is 0.184 e. The topological polar surface area (TPSA) is 35.1 Å². The molecule has 1 heterocycles. The van der Waals surface area contributed by atoms with Crippen molar-refractivity contribution in [2.24, 2.45) is 0 Å². The second kappa shape index (κ2) is 5.03. The van der Waals surface area contributed by atoms with E-state index in [0.29, 0.717) is 12.6 Å². The van der Waals surface area contributed by atoms with E-state index in [1.165, 1.54) is 0 Å². The van der Waals surface area contributed by atoms with E-state index in [2.05, 4.69) is 18.8 Å². The van der Waals surface area contributed by atoms with Crippen LogP contribution in [0.15, 0.2) is 36.9 Å². The highest BCUT2D eigenvalue weighted by molar-refractivity contribution is 5.40. The smallest absolute Gasteiger partial charge is 0.184 e. The Morgan fingerprint density at radius 3 is 3.00 bits per heavy atom. The van der Waals surface area contributed by atoms with Crippen molar-refractivity contribution in [3.63, 3.8) is 0 Å². The standard InChI is InChI=1S/C13H17NO2/c1-3-8-14-10(2)13-9-15-11-6-4-5-7-12(11)16-13/h3-7,10,13-14H,1,8-9H2,2H3/p+1/t10-,13+/m0/s1. The van der Waals surface area contributed by atoms with Crippen molar-refractivity contribution in [1.82, 2.24) is 0 Å². The second-order valence-corrected chi connectivity index (χ2v) is 4.03. The van der Waals surface area contributed by atoms with E-state index in [9.17, 15) is 0 Å². The Kier molecular flexibility index (Phi) is 3.47. The van der Waals surface area contributed by atoms with Crippen LogP contribution in [0, 0.1) is 0 Å². The summed E-state index contributed by atoms with van der Waals surface area (Å²) >= 11 is 0. The van der Waals surface area contributed by atoms with E-state index in [4.69, 9.17) is 9.47 Å². The van der Waals surface area contributed by atoms with Crippen molar-refractivity contribution < 1.29 is 14.8 Å². The maximum atomic E-state index is 5.90. The molecule has 0 fully saturated rings. The number of hydrogen-bond donors (Lipinski definition) is 1. The van der Waals surface area contributed by atoms with Crippen LogP contribution in [-0.2, 0) is 0 Å². The molecule has 0 saturated heterocycles. The molecule has 2 rings (SSSR count). The number of rotatable bonds is 4. The highest BCUT2D eigenvalue weighted by Crippen LogP contribution is 2.31. The van der Waals surface area contributed by atoms with Crippen LogP contribution in [0.25, 0.3) is 0 Å². The summed E-state index contributed by atoms with van der Waals surface area (Å²) in [5.41, 5.74) is 0. The van der Waals surface area contributed by atoms with E-state index in [0.717, 1.165) is 18.0 Å². The van der Waals surface area contributed by atoms with E-state index in [1.807, 2.05) is 30.3 Å². The lowest BCUT2D eigenvalue weighted by molar-refractivity contribution is -0.684. The molecule has 0 radical (unpaired) electrons. The van der Waals surface area contributed by atoms with Gasteiger partial charge in [0.2, 0.25) is 0 Å². The van der Waals surface area contributed by atoms with Crippen LogP contribution in [-0.4, -0.2) is 25.3 Å². The third-order valence-corrected chi connectivity index (χ3v) is 2.79. The Bertz CT molecular complexity index is 365. The Morgan fingerprint density at radius 2 is 2.25 bits per heavy atom. The molecule has 3 heteroatoms. The van der Waals surface area contributed by atoms with Gasteiger partial charge in [0.25, 0.3) is 0 Å². The summed E-state index contributed by atoms with van der Waals surface area (Å²) in [5, 5.41) is 2.20. The van der Waals surface area contributed by atoms with Gasteiger partial charge in [0, 0.05) is 0 Å². The SMILES string of the molecule is C=CC[NH2+][C@@H](C)[C@H]1COc2ccccc2O1. The molecule has 0 aliphatic carbocycles. The van der Waals surface area contributed by atoms with Crippen molar-refractivity contribution in [3.8, 4) is 11.5 Å². The number of fused-ring (bicyclic) bond motifs is 1. The first-order valence-corrected chi connectivity index (χ1v) is 5.64. The third-order valence-electron chi connectivity index (χ3n) is 2.79. The molecule has 0 spiro atoms. The van der Waals surface area contributed by atoms with Crippen molar-refractivity contribution >= 4 is 0 Å². The summed E-state index contributed by atoms with van der Waals surface area (Å²) in [6.45, 7) is 7.38. The van der Waals surface area contributed by atoms with Gasteiger partial charge in [-0.25, -0.2) is 0 Å². The average Bonchev–Trinajstić information content (AvgIpc) is 2.35. The second-order valence-electron chi connectivity index (χ2n) is 4.03. The largest absolute Gasteiger partial charge is 0.486 e. The van der Waals surface area contributed by atoms with Gasteiger partial charge in [0.05, 0.1) is 6.54 Å². The number of benzene rings is 1. The van der Waals surface area contributed by atoms with Gasteiger partial charge in [0.1, 0.15) is 12.6 Å². The van der Waals surface area contributed by atoms with E-state index < -0.39 is 0 Å². The molecular weight excluding hydrogens is 202 g/mol. The van der Waals surface area contributed by atoms with Crippen LogP contribution in [0.3, 0.4) is 0 Å². The van der Waals surface area contributed by atoms with Crippen molar-refractivity contribution in [1.29, 1.82) is 0 Å². The molecule has 2 N–H and O–H groups in total. The summed E-state index contributed by atoms with van der Waals surface area (Å²) in [6, 6.07) is 8.16. The minimum atomic E-state index is 0.106. The summed E-state index contributed by atoms with van der Waals surface area (Å²) in [5.74, 6) is 1.69. The quantitative estimate of drug-likeness (QED) is 0.767. The van der Waals surface area contributed by atoms with Gasteiger partial charge < -0.3 is 14.8 Å². The Labute approximate surface area is 96.1 Å². The fourth-order valence-corrected chi connectivity index (χ4v) is 1.76. The van der Waals surface area contributed by atoms with Crippen LogP contribution in [0.1, 0.15) is 6.92 Å². The first kappa shape index (κ1) is 11.0. The van der Waals surface area contributed by atoms with Crippen LogP contribution in [0.2, 0.25) is 0 Å². The van der Waals surface area contributed by atoms with Crippen molar-refractivity contribution in [2.75, 3.05) is 13.2 Å². The zero-order valence-corrected chi connectivity index (χ0v) is 9.56. The van der Waals surface area contributed by atoms with E-state index >= 15 is 0 Å². The van der Waals surface area contributed by atoms with Gasteiger partial charge in [-0.3, -0.25) is 0 Å². The normalized spacial score (nSPS) is 20.2. The van der Waals surface area contributed by atoms with Gasteiger partial charge in [-0.2, -0.15) is 0 Å². The highest BCUT2D eigenvalue weighted by Gasteiger charge is 2.27. The third kappa shape index (κ3) is 2.36. The molecule has 0 amide bonds. The lowest BCUT2D eigenvalue weighted by atomic mass is 10.1. The van der Waals surface area contributed by atoms with E-state index in [1.54, 1.807) is 0 Å². The number of para-hydroxylation sites is 2.